The minimum Gasteiger partial charge on any atom is -0.486 e. The second-order valence-corrected chi connectivity index (χ2v) is 5.63. The van der Waals surface area contributed by atoms with Crippen LogP contribution in [0.4, 0.5) is 0 Å². The summed E-state index contributed by atoms with van der Waals surface area (Å²) in [5, 5.41) is 0. The highest BCUT2D eigenvalue weighted by molar-refractivity contribution is 5.95. The number of nitrogens with two attached hydrogens (primary N) is 1. The molecule has 2 aliphatic heterocycles. The average molecular weight is 276 g/mol. The predicted octanol–water partition coefficient (Wildman–Crippen LogP) is 1.41. The third-order valence-electron chi connectivity index (χ3n) is 3.84. The minimum atomic E-state index is -0.196. The van der Waals surface area contributed by atoms with E-state index < -0.39 is 0 Å². The molecule has 5 nitrogen and oxygen atoms in total. The number of hydrogen-bond acceptors (Lipinski definition) is 4. The molecule has 108 valence electrons. The molecule has 0 unspecified atom stereocenters. The highest BCUT2D eigenvalue weighted by atomic mass is 16.6. The lowest BCUT2D eigenvalue weighted by atomic mass is 9.86. The summed E-state index contributed by atoms with van der Waals surface area (Å²) in [6.45, 7) is 4.46. The largest absolute Gasteiger partial charge is 0.486 e. The van der Waals surface area contributed by atoms with Gasteiger partial charge in [-0.15, -0.1) is 0 Å². The van der Waals surface area contributed by atoms with Crippen LogP contribution in [0.3, 0.4) is 0 Å². The summed E-state index contributed by atoms with van der Waals surface area (Å²) in [4.78, 5) is 14.2. The molecule has 1 aromatic rings. The smallest absolute Gasteiger partial charge is 0.254 e. The number of ether oxygens (including phenoxy) is 2. The zero-order valence-electron chi connectivity index (χ0n) is 11.7. The van der Waals surface area contributed by atoms with Gasteiger partial charge in [0.15, 0.2) is 11.5 Å². The Bertz CT molecular complexity index is 524. The van der Waals surface area contributed by atoms with Crippen molar-refractivity contribution in [1.82, 2.24) is 4.90 Å². The van der Waals surface area contributed by atoms with Gasteiger partial charge in [-0.2, -0.15) is 0 Å². The number of amides is 1. The molecular formula is C15H20N2O3. The third-order valence-corrected chi connectivity index (χ3v) is 3.84. The first-order chi connectivity index (χ1) is 9.61. The number of carbonyl (C=O) groups excluding carboxylic acids is 1. The molecule has 20 heavy (non-hydrogen) atoms. The molecule has 0 aromatic heterocycles. The van der Waals surface area contributed by atoms with Gasteiger partial charge in [-0.3, -0.25) is 4.79 Å². The van der Waals surface area contributed by atoms with Gasteiger partial charge in [-0.05, 0) is 24.6 Å². The Labute approximate surface area is 118 Å². The van der Waals surface area contributed by atoms with Crippen LogP contribution in [0, 0.1) is 0 Å². The van der Waals surface area contributed by atoms with Gasteiger partial charge in [0.05, 0.1) is 5.54 Å². The number of nitrogens with zero attached hydrogens (tertiary/aromatic N) is 1. The second kappa shape index (κ2) is 4.98. The fourth-order valence-electron chi connectivity index (χ4n) is 2.87. The van der Waals surface area contributed by atoms with Crippen LogP contribution < -0.4 is 15.2 Å². The first-order valence-electron chi connectivity index (χ1n) is 7.09. The zero-order chi connectivity index (χ0) is 14.2. The van der Waals surface area contributed by atoms with Gasteiger partial charge in [-0.25, -0.2) is 0 Å². The summed E-state index contributed by atoms with van der Waals surface area (Å²) in [5.74, 6) is 1.37. The number of hydrogen-bond donors (Lipinski definition) is 1. The fraction of sp³-hybridized carbons (Fsp3) is 0.533. The highest BCUT2D eigenvalue weighted by Gasteiger charge is 2.41. The molecule has 0 spiro atoms. The number of carbonyl (C=O) groups is 1. The van der Waals surface area contributed by atoms with Crippen molar-refractivity contribution < 1.29 is 14.3 Å². The van der Waals surface area contributed by atoms with E-state index in [0.29, 0.717) is 43.4 Å². The summed E-state index contributed by atoms with van der Waals surface area (Å²) in [7, 11) is 0. The maximum atomic E-state index is 12.4. The SMILES string of the molecule is CCCC1(N)CN(C(=O)c2ccc3c(c2)OCCO3)C1. The molecular weight excluding hydrogens is 256 g/mol. The molecule has 0 aliphatic carbocycles. The molecule has 3 rings (SSSR count). The summed E-state index contributed by atoms with van der Waals surface area (Å²) in [6.07, 6.45) is 2.00. The van der Waals surface area contributed by atoms with Crippen LogP contribution in [0.2, 0.25) is 0 Å². The van der Waals surface area contributed by atoms with Gasteiger partial charge in [0.1, 0.15) is 13.2 Å². The molecule has 0 radical (unpaired) electrons. The van der Waals surface area contributed by atoms with E-state index >= 15 is 0 Å². The predicted molar refractivity (Wildman–Crippen MR) is 75.2 cm³/mol. The second-order valence-electron chi connectivity index (χ2n) is 5.63. The van der Waals surface area contributed by atoms with Crippen LogP contribution in [0.5, 0.6) is 11.5 Å². The lowest BCUT2D eigenvalue weighted by Crippen LogP contribution is -2.68. The van der Waals surface area contributed by atoms with E-state index in [1.165, 1.54) is 0 Å². The molecule has 1 fully saturated rings. The van der Waals surface area contributed by atoms with E-state index in [-0.39, 0.29) is 11.4 Å². The Hall–Kier alpha value is -1.75. The third kappa shape index (κ3) is 2.33. The summed E-state index contributed by atoms with van der Waals surface area (Å²) in [6, 6.07) is 5.34. The monoisotopic (exact) mass is 276 g/mol. The lowest BCUT2D eigenvalue weighted by molar-refractivity contribution is 0.0386. The van der Waals surface area contributed by atoms with Gasteiger partial charge in [0.2, 0.25) is 0 Å². The Kier molecular flexibility index (Phi) is 3.30. The van der Waals surface area contributed by atoms with Gasteiger partial charge in [0.25, 0.3) is 5.91 Å². The minimum absolute atomic E-state index is 0.0131. The highest BCUT2D eigenvalue weighted by Crippen LogP contribution is 2.32. The van der Waals surface area contributed by atoms with Gasteiger partial charge in [0, 0.05) is 18.7 Å². The van der Waals surface area contributed by atoms with Crippen LogP contribution in [0.25, 0.3) is 0 Å². The molecule has 0 bridgehead atoms. The van der Waals surface area contributed by atoms with E-state index in [4.69, 9.17) is 15.2 Å². The number of benzene rings is 1. The van der Waals surface area contributed by atoms with Crippen molar-refractivity contribution in [2.24, 2.45) is 5.73 Å². The topological polar surface area (TPSA) is 64.8 Å². The van der Waals surface area contributed by atoms with E-state index in [1.807, 2.05) is 0 Å². The first kappa shape index (κ1) is 13.2. The molecule has 2 aliphatic rings. The van der Waals surface area contributed by atoms with Crippen LogP contribution in [-0.2, 0) is 0 Å². The van der Waals surface area contributed by atoms with Crippen molar-refractivity contribution in [3.05, 3.63) is 23.8 Å². The number of likely N-dealkylation sites (tertiary alicyclic amines) is 1. The Morgan fingerprint density at radius 3 is 2.70 bits per heavy atom. The van der Waals surface area contributed by atoms with Crippen molar-refractivity contribution in [3.8, 4) is 11.5 Å². The lowest BCUT2D eigenvalue weighted by Gasteiger charge is -2.47. The maximum Gasteiger partial charge on any atom is 0.254 e. The van der Waals surface area contributed by atoms with Gasteiger partial charge < -0.3 is 20.1 Å². The first-order valence-corrected chi connectivity index (χ1v) is 7.09. The molecule has 2 heterocycles. The van der Waals surface area contributed by atoms with Crippen LogP contribution in [0.15, 0.2) is 18.2 Å². The molecule has 2 N–H and O–H groups in total. The molecule has 1 amide bonds. The molecule has 5 heteroatoms. The molecule has 1 saturated heterocycles. The Balaban J connectivity index is 1.70. The zero-order valence-corrected chi connectivity index (χ0v) is 11.7. The van der Waals surface area contributed by atoms with Crippen molar-refractivity contribution in [2.45, 2.75) is 25.3 Å². The van der Waals surface area contributed by atoms with Gasteiger partial charge in [-0.1, -0.05) is 13.3 Å². The van der Waals surface area contributed by atoms with Crippen molar-refractivity contribution in [1.29, 1.82) is 0 Å². The average Bonchev–Trinajstić information content (AvgIpc) is 2.43. The molecule has 1 aromatic carbocycles. The standard InChI is InChI=1S/C15H20N2O3/c1-2-5-15(16)9-17(10-15)14(18)11-3-4-12-13(8-11)20-7-6-19-12/h3-4,8H,2,5-7,9-10,16H2,1H3. The van der Waals surface area contributed by atoms with Gasteiger partial charge >= 0.3 is 0 Å². The Morgan fingerprint density at radius 1 is 1.30 bits per heavy atom. The molecule has 0 saturated carbocycles. The summed E-state index contributed by atoms with van der Waals surface area (Å²) in [5.41, 5.74) is 6.63. The Morgan fingerprint density at radius 2 is 2.00 bits per heavy atom. The normalized spacial score (nSPS) is 19.4. The fourth-order valence-corrected chi connectivity index (χ4v) is 2.87. The van der Waals surface area contributed by atoms with Crippen molar-refractivity contribution in [3.63, 3.8) is 0 Å². The van der Waals surface area contributed by atoms with Crippen LogP contribution >= 0.6 is 0 Å². The van der Waals surface area contributed by atoms with E-state index in [2.05, 4.69) is 6.92 Å². The van der Waals surface area contributed by atoms with Crippen LogP contribution in [0.1, 0.15) is 30.1 Å². The quantitative estimate of drug-likeness (QED) is 0.906. The number of fused-ring (bicyclic) bond motifs is 1. The van der Waals surface area contributed by atoms with Crippen LogP contribution in [-0.4, -0.2) is 42.6 Å². The van der Waals surface area contributed by atoms with E-state index in [1.54, 1.807) is 23.1 Å². The summed E-state index contributed by atoms with van der Waals surface area (Å²) < 4.78 is 11.0. The molecule has 0 atom stereocenters. The summed E-state index contributed by atoms with van der Waals surface area (Å²) >= 11 is 0. The van der Waals surface area contributed by atoms with E-state index in [9.17, 15) is 4.79 Å². The van der Waals surface area contributed by atoms with Crippen molar-refractivity contribution >= 4 is 5.91 Å². The maximum absolute atomic E-state index is 12.4. The number of rotatable bonds is 3. The van der Waals surface area contributed by atoms with E-state index in [0.717, 1.165) is 12.8 Å². The van der Waals surface area contributed by atoms with Crippen molar-refractivity contribution in [2.75, 3.05) is 26.3 Å².